The van der Waals surface area contributed by atoms with Crippen LogP contribution in [0.5, 0.6) is 11.5 Å². The number of hydrogen-bond donors (Lipinski definition) is 1. The Labute approximate surface area is 122 Å². The summed E-state index contributed by atoms with van der Waals surface area (Å²) < 4.78 is 12.2. The lowest BCUT2D eigenvalue weighted by Gasteiger charge is -2.27. The van der Waals surface area contributed by atoms with Crippen LogP contribution in [-0.2, 0) is 6.42 Å². The van der Waals surface area contributed by atoms with Crippen molar-refractivity contribution in [2.75, 3.05) is 39.5 Å². The van der Waals surface area contributed by atoms with Gasteiger partial charge in [0.15, 0.2) is 11.5 Å². The zero-order chi connectivity index (χ0) is 13.2. The number of hydrogen-bond acceptors (Lipinski definition) is 4. The Morgan fingerprint density at radius 2 is 2.11 bits per heavy atom. The first-order chi connectivity index (χ1) is 9.25. The first-order valence-corrected chi connectivity index (χ1v) is 7.55. The number of rotatable bonds is 3. The van der Waals surface area contributed by atoms with E-state index in [0.29, 0.717) is 6.79 Å². The topological polar surface area (TPSA) is 33.7 Å². The highest BCUT2D eigenvalue weighted by Crippen LogP contribution is 2.41. The quantitative estimate of drug-likeness (QED) is 0.920. The smallest absolute Gasteiger partial charge is 0.231 e. The van der Waals surface area contributed by atoms with Crippen LogP contribution in [0.4, 0.5) is 0 Å². The van der Waals surface area contributed by atoms with E-state index in [1.807, 2.05) is 6.07 Å². The van der Waals surface area contributed by atoms with Crippen molar-refractivity contribution in [2.45, 2.75) is 13.3 Å². The first-order valence-electron chi connectivity index (χ1n) is 6.76. The lowest BCUT2D eigenvalue weighted by molar-refractivity contribution is 0.172. The molecule has 5 heteroatoms. The van der Waals surface area contributed by atoms with E-state index < -0.39 is 0 Å². The summed E-state index contributed by atoms with van der Waals surface area (Å²) in [6, 6.07) is 2.01. The molecule has 1 N–H and O–H groups in total. The lowest BCUT2D eigenvalue weighted by atomic mass is 10.0. The zero-order valence-electron chi connectivity index (χ0n) is 11.2. The Hall–Kier alpha value is -0.780. The maximum Gasteiger partial charge on any atom is 0.231 e. The van der Waals surface area contributed by atoms with Gasteiger partial charge in [0, 0.05) is 42.8 Å². The van der Waals surface area contributed by atoms with Gasteiger partial charge in [0.25, 0.3) is 0 Å². The minimum Gasteiger partial charge on any atom is -0.454 e. The molecular formula is C14H19BrN2O2. The number of benzene rings is 1. The second-order valence-corrected chi connectivity index (χ2v) is 5.89. The molecule has 1 saturated heterocycles. The van der Waals surface area contributed by atoms with Crippen molar-refractivity contribution in [1.29, 1.82) is 0 Å². The van der Waals surface area contributed by atoms with Crippen molar-refractivity contribution < 1.29 is 9.47 Å². The molecule has 19 heavy (non-hydrogen) atoms. The van der Waals surface area contributed by atoms with Crippen LogP contribution in [-0.4, -0.2) is 44.4 Å². The van der Waals surface area contributed by atoms with Crippen LogP contribution in [0.3, 0.4) is 0 Å². The normalized spacial score (nSPS) is 18.8. The number of nitrogens with one attached hydrogen (secondary N) is 1. The predicted molar refractivity (Wildman–Crippen MR) is 78.0 cm³/mol. The fourth-order valence-corrected chi connectivity index (χ4v) is 3.12. The number of fused-ring (bicyclic) bond motifs is 1. The minimum atomic E-state index is 0.339. The van der Waals surface area contributed by atoms with Gasteiger partial charge < -0.3 is 19.7 Å². The van der Waals surface area contributed by atoms with Gasteiger partial charge in [-0.3, -0.25) is 0 Å². The van der Waals surface area contributed by atoms with Crippen LogP contribution in [0.2, 0.25) is 0 Å². The zero-order valence-corrected chi connectivity index (χ0v) is 12.8. The summed E-state index contributed by atoms with van der Waals surface area (Å²) in [5.41, 5.74) is 2.54. The van der Waals surface area contributed by atoms with E-state index >= 15 is 0 Å². The molecular weight excluding hydrogens is 308 g/mol. The molecule has 1 aromatic carbocycles. The Morgan fingerprint density at radius 3 is 2.89 bits per heavy atom. The van der Waals surface area contributed by atoms with E-state index in [1.165, 1.54) is 11.1 Å². The molecule has 4 nitrogen and oxygen atoms in total. The molecule has 3 rings (SSSR count). The maximum atomic E-state index is 5.63. The van der Waals surface area contributed by atoms with E-state index in [-0.39, 0.29) is 0 Å². The standard InChI is InChI=1S/C14H19BrN2O2/c1-10-11(2-5-17-6-3-16-4-7-17)14-13(8-12(10)15)18-9-19-14/h8,16H,2-7,9H2,1H3. The van der Waals surface area contributed by atoms with E-state index in [1.54, 1.807) is 0 Å². The molecule has 1 fully saturated rings. The Morgan fingerprint density at radius 1 is 1.32 bits per heavy atom. The fourth-order valence-electron chi connectivity index (χ4n) is 2.68. The summed E-state index contributed by atoms with van der Waals surface area (Å²) in [6.07, 6.45) is 1.01. The predicted octanol–water partition coefficient (Wildman–Crippen LogP) is 1.93. The molecule has 0 atom stereocenters. The number of piperazine rings is 1. The van der Waals surface area contributed by atoms with Crippen molar-refractivity contribution in [3.8, 4) is 11.5 Å². The van der Waals surface area contributed by atoms with Crippen molar-refractivity contribution in [3.63, 3.8) is 0 Å². The summed E-state index contributed by atoms with van der Waals surface area (Å²) >= 11 is 3.61. The van der Waals surface area contributed by atoms with Crippen LogP contribution in [0, 0.1) is 6.92 Å². The van der Waals surface area contributed by atoms with Crippen LogP contribution in [0.25, 0.3) is 0 Å². The van der Waals surface area contributed by atoms with Crippen molar-refractivity contribution in [1.82, 2.24) is 10.2 Å². The van der Waals surface area contributed by atoms with Gasteiger partial charge in [-0.1, -0.05) is 15.9 Å². The van der Waals surface area contributed by atoms with Crippen LogP contribution in [0.1, 0.15) is 11.1 Å². The molecule has 0 aliphatic carbocycles. The SMILES string of the molecule is Cc1c(Br)cc2c(c1CCN1CCNCC1)OCO2. The molecule has 0 saturated carbocycles. The molecule has 2 aliphatic rings. The summed E-state index contributed by atoms with van der Waals surface area (Å²) in [5, 5.41) is 3.38. The Kier molecular flexibility index (Phi) is 3.96. The van der Waals surface area contributed by atoms with E-state index in [0.717, 1.165) is 55.1 Å². The molecule has 0 amide bonds. The molecule has 1 aromatic rings. The third-order valence-electron chi connectivity index (χ3n) is 3.87. The van der Waals surface area contributed by atoms with Crippen LogP contribution < -0.4 is 14.8 Å². The van der Waals surface area contributed by atoms with Gasteiger partial charge in [-0.2, -0.15) is 0 Å². The van der Waals surface area contributed by atoms with E-state index in [4.69, 9.17) is 9.47 Å². The van der Waals surface area contributed by atoms with E-state index in [9.17, 15) is 0 Å². The van der Waals surface area contributed by atoms with Crippen LogP contribution in [0.15, 0.2) is 10.5 Å². The van der Waals surface area contributed by atoms with Crippen LogP contribution >= 0.6 is 15.9 Å². The summed E-state index contributed by atoms with van der Waals surface area (Å²) in [7, 11) is 0. The summed E-state index contributed by atoms with van der Waals surface area (Å²) in [5.74, 6) is 1.81. The third-order valence-corrected chi connectivity index (χ3v) is 4.70. The van der Waals surface area contributed by atoms with Gasteiger partial charge in [0.2, 0.25) is 6.79 Å². The van der Waals surface area contributed by atoms with Gasteiger partial charge in [-0.05, 0) is 25.0 Å². The molecule has 0 aromatic heterocycles. The largest absolute Gasteiger partial charge is 0.454 e. The van der Waals surface area contributed by atoms with E-state index in [2.05, 4.69) is 33.1 Å². The maximum absolute atomic E-state index is 5.63. The van der Waals surface area contributed by atoms with Crippen molar-refractivity contribution in [3.05, 3.63) is 21.7 Å². The van der Waals surface area contributed by atoms with Crippen molar-refractivity contribution >= 4 is 15.9 Å². The molecule has 0 bridgehead atoms. The molecule has 0 unspecified atom stereocenters. The highest BCUT2D eigenvalue weighted by Gasteiger charge is 2.22. The summed E-state index contributed by atoms with van der Waals surface area (Å²) in [4.78, 5) is 2.50. The second kappa shape index (κ2) is 5.69. The minimum absolute atomic E-state index is 0.339. The van der Waals surface area contributed by atoms with Gasteiger partial charge >= 0.3 is 0 Å². The summed E-state index contributed by atoms with van der Waals surface area (Å²) in [6.45, 7) is 8.00. The first kappa shape index (κ1) is 13.2. The van der Waals surface area contributed by atoms with Gasteiger partial charge in [-0.25, -0.2) is 0 Å². The Bertz CT molecular complexity index is 473. The monoisotopic (exact) mass is 326 g/mol. The molecule has 0 spiro atoms. The average molecular weight is 327 g/mol. The number of nitrogens with zero attached hydrogens (tertiary/aromatic N) is 1. The number of ether oxygens (including phenoxy) is 2. The lowest BCUT2D eigenvalue weighted by Crippen LogP contribution is -2.44. The third kappa shape index (κ3) is 2.73. The average Bonchev–Trinajstić information content (AvgIpc) is 2.88. The van der Waals surface area contributed by atoms with Gasteiger partial charge in [-0.15, -0.1) is 0 Å². The van der Waals surface area contributed by atoms with Gasteiger partial charge in [0.05, 0.1) is 0 Å². The Balaban J connectivity index is 1.76. The highest BCUT2D eigenvalue weighted by molar-refractivity contribution is 9.10. The number of halogens is 1. The van der Waals surface area contributed by atoms with Gasteiger partial charge in [0.1, 0.15) is 0 Å². The fraction of sp³-hybridized carbons (Fsp3) is 0.571. The highest BCUT2D eigenvalue weighted by atomic mass is 79.9. The second-order valence-electron chi connectivity index (χ2n) is 5.04. The molecule has 2 heterocycles. The van der Waals surface area contributed by atoms with Crippen molar-refractivity contribution in [2.24, 2.45) is 0 Å². The molecule has 104 valence electrons. The molecule has 0 radical (unpaired) electrons. The molecule has 2 aliphatic heterocycles.